The molecule has 0 N–H and O–H groups in total. The Bertz CT molecular complexity index is 721. The van der Waals surface area contributed by atoms with Crippen LogP contribution in [0.4, 0.5) is 4.79 Å². The van der Waals surface area contributed by atoms with E-state index in [1.54, 1.807) is 11.3 Å². The molecule has 5 nitrogen and oxygen atoms in total. The molecule has 2 rings (SSSR count). The van der Waals surface area contributed by atoms with E-state index in [0.29, 0.717) is 13.0 Å². The third-order valence-electron chi connectivity index (χ3n) is 4.63. The Morgan fingerprint density at radius 3 is 2.67 bits per heavy atom. The predicted molar refractivity (Wildman–Crippen MR) is 110 cm³/mol. The molecule has 1 unspecified atom stereocenters. The lowest BCUT2D eigenvalue weighted by molar-refractivity contribution is -0.129. The molecule has 1 aliphatic rings. The quantitative estimate of drug-likeness (QED) is 0.412. The van der Waals surface area contributed by atoms with Crippen LogP contribution in [0.2, 0.25) is 0 Å². The standard InChI is InChI=1S/C21H30N2O3S/c1-15(9-7-10-16(2)12-19-14-27-18(4)22-19)8-5-6-11-20(24)23-17(3)13-26-21(23)25/h9,12,14,17H,5-8,10-11,13H2,1-4H3/b15-9-,16-12+. The number of aromatic nitrogens is 1. The van der Waals surface area contributed by atoms with Gasteiger partial charge in [-0.25, -0.2) is 14.7 Å². The minimum Gasteiger partial charge on any atom is -0.447 e. The van der Waals surface area contributed by atoms with Crippen molar-refractivity contribution in [1.82, 2.24) is 9.88 Å². The Kier molecular flexibility index (Phi) is 8.23. The SMILES string of the molecule is C/C(=C/CC/C(C)=C/c1csc(C)n1)CCCCC(=O)N1C(=O)OCC1C. The summed E-state index contributed by atoms with van der Waals surface area (Å²) < 4.78 is 4.89. The van der Waals surface area contributed by atoms with Crippen molar-refractivity contribution in [3.63, 3.8) is 0 Å². The number of hydrogen-bond acceptors (Lipinski definition) is 5. The summed E-state index contributed by atoms with van der Waals surface area (Å²) in [6.45, 7) is 8.46. The molecule has 27 heavy (non-hydrogen) atoms. The number of rotatable bonds is 9. The fourth-order valence-electron chi connectivity index (χ4n) is 3.08. The molecule has 1 atom stereocenters. The zero-order chi connectivity index (χ0) is 19.8. The summed E-state index contributed by atoms with van der Waals surface area (Å²) >= 11 is 1.68. The molecule has 6 heteroatoms. The van der Waals surface area contributed by atoms with Crippen molar-refractivity contribution in [2.24, 2.45) is 0 Å². The van der Waals surface area contributed by atoms with Gasteiger partial charge < -0.3 is 4.74 Å². The van der Waals surface area contributed by atoms with Crippen molar-refractivity contribution in [3.8, 4) is 0 Å². The van der Waals surface area contributed by atoms with Crippen molar-refractivity contribution < 1.29 is 14.3 Å². The van der Waals surface area contributed by atoms with Gasteiger partial charge in [-0.15, -0.1) is 11.3 Å². The van der Waals surface area contributed by atoms with Crippen LogP contribution in [0.25, 0.3) is 6.08 Å². The number of unbranched alkanes of at least 4 members (excludes halogenated alkanes) is 1. The molecule has 1 aromatic rings. The average molecular weight is 391 g/mol. The van der Waals surface area contributed by atoms with Crippen LogP contribution in [0.15, 0.2) is 22.6 Å². The van der Waals surface area contributed by atoms with Crippen LogP contribution in [-0.2, 0) is 9.53 Å². The van der Waals surface area contributed by atoms with E-state index < -0.39 is 6.09 Å². The van der Waals surface area contributed by atoms with Crippen molar-refractivity contribution in [1.29, 1.82) is 0 Å². The first-order valence-corrected chi connectivity index (χ1v) is 10.5. The third kappa shape index (κ3) is 6.94. The fraction of sp³-hybridized carbons (Fsp3) is 0.571. The van der Waals surface area contributed by atoms with Gasteiger partial charge in [-0.1, -0.05) is 17.2 Å². The first-order valence-electron chi connectivity index (χ1n) is 9.60. The zero-order valence-corrected chi connectivity index (χ0v) is 17.6. The van der Waals surface area contributed by atoms with E-state index in [-0.39, 0.29) is 11.9 Å². The zero-order valence-electron chi connectivity index (χ0n) is 16.8. The van der Waals surface area contributed by atoms with E-state index in [1.165, 1.54) is 16.0 Å². The summed E-state index contributed by atoms with van der Waals surface area (Å²) in [7, 11) is 0. The van der Waals surface area contributed by atoms with E-state index >= 15 is 0 Å². The molecule has 0 radical (unpaired) electrons. The van der Waals surface area contributed by atoms with Crippen LogP contribution in [-0.4, -0.2) is 34.5 Å². The highest BCUT2D eigenvalue weighted by Crippen LogP contribution is 2.18. The van der Waals surface area contributed by atoms with Crippen molar-refractivity contribution in [2.75, 3.05) is 6.61 Å². The average Bonchev–Trinajstić information content (AvgIpc) is 3.16. The highest BCUT2D eigenvalue weighted by molar-refractivity contribution is 7.09. The van der Waals surface area contributed by atoms with E-state index in [9.17, 15) is 9.59 Å². The number of hydrogen-bond donors (Lipinski definition) is 0. The summed E-state index contributed by atoms with van der Waals surface area (Å²) in [6.07, 6.45) is 9.13. The highest BCUT2D eigenvalue weighted by Gasteiger charge is 2.34. The van der Waals surface area contributed by atoms with E-state index in [1.807, 2.05) is 13.8 Å². The molecule has 0 bridgehead atoms. The van der Waals surface area contributed by atoms with Crippen LogP contribution in [0, 0.1) is 6.92 Å². The number of aryl methyl sites for hydroxylation is 1. The number of thiazole rings is 1. The van der Waals surface area contributed by atoms with E-state index in [0.717, 1.165) is 42.8 Å². The van der Waals surface area contributed by atoms with Gasteiger partial charge in [-0.2, -0.15) is 0 Å². The van der Waals surface area contributed by atoms with Crippen LogP contribution in [0.1, 0.15) is 70.0 Å². The molecule has 0 aliphatic carbocycles. The van der Waals surface area contributed by atoms with Crippen molar-refractivity contribution >= 4 is 29.4 Å². The lowest BCUT2D eigenvalue weighted by atomic mass is 10.0. The number of amides is 2. The minimum absolute atomic E-state index is 0.121. The Hall–Kier alpha value is -1.95. The lowest BCUT2D eigenvalue weighted by Crippen LogP contribution is -2.37. The monoisotopic (exact) mass is 390 g/mol. The van der Waals surface area contributed by atoms with Crippen molar-refractivity contribution in [3.05, 3.63) is 33.3 Å². The van der Waals surface area contributed by atoms with Crippen LogP contribution >= 0.6 is 11.3 Å². The maximum Gasteiger partial charge on any atom is 0.416 e. The van der Waals surface area contributed by atoms with Crippen LogP contribution < -0.4 is 0 Å². The first kappa shape index (κ1) is 21.4. The number of nitrogens with zero attached hydrogens (tertiary/aromatic N) is 2. The molecule has 0 spiro atoms. The molecule has 1 aliphatic heterocycles. The number of allylic oxidation sites excluding steroid dienone is 3. The number of carbonyl (C=O) groups is 2. The number of ether oxygens (including phenoxy) is 1. The highest BCUT2D eigenvalue weighted by atomic mass is 32.1. The number of imide groups is 1. The van der Waals surface area contributed by atoms with Gasteiger partial charge in [0.2, 0.25) is 5.91 Å². The second-order valence-corrected chi connectivity index (χ2v) is 8.33. The van der Waals surface area contributed by atoms with Crippen molar-refractivity contribution in [2.45, 2.75) is 72.3 Å². The Balaban J connectivity index is 1.63. The maximum atomic E-state index is 12.1. The molecule has 2 heterocycles. The minimum atomic E-state index is -0.500. The fourth-order valence-corrected chi connectivity index (χ4v) is 3.65. The van der Waals surface area contributed by atoms with Gasteiger partial charge in [0.15, 0.2) is 0 Å². The topological polar surface area (TPSA) is 59.5 Å². The summed E-state index contributed by atoms with van der Waals surface area (Å²) in [5.41, 5.74) is 3.74. The third-order valence-corrected chi connectivity index (χ3v) is 5.42. The molecule has 1 aromatic heterocycles. The Labute approximate surface area is 166 Å². The van der Waals surface area contributed by atoms with Crippen LogP contribution in [0.3, 0.4) is 0 Å². The van der Waals surface area contributed by atoms with Gasteiger partial charge in [-0.3, -0.25) is 4.79 Å². The Morgan fingerprint density at radius 1 is 1.30 bits per heavy atom. The molecule has 2 amide bonds. The summed E-state index contributed by atoms with van der Waals surface area (Å²) in [5.74, 6) is -0.121. The number of carbonyl (C=O) groups excluding carboxylic acids is 2. The molecule has 148 valence electrons. The molecular weight excluding hydrogens is 360 g/mol. The molecule has 0 aromatic carbocycles. The number of cyclic esters (lactones) is 1. The van der Waals surface area contributed by atoms with E-state index in [4.69, 9.17) is 4.74 Å². The Morgan fingerprint density at radius 2 is 2.04 bits per heavy atom. The van der Waals surface area contributed by atoms with Gasteiger partial charge in [0.05, 0.1) is 16.7 Å². The van der Waals surface area contributed by atoms with Crippen LogP contribution in [0.5, 0.6) is 0 Å². The predicted octanol–water partition coefficient (Wildman–Crippen LogP) is 5.51. The maximum absolute atomic E-state index is 12.1. The second-order valence-electron chi connectivity index (χ2n) is 7.27. The molecule has 0 saturated carbocycles. The van der Waals surface area contributed by atoms with E-state index in [2.05, 4.69) is 36.4 Å². The van der Waals surface area contributed by atoms with Gasteiger partial charge in [-0.05, 0) is 65.9 Å². The molecule has 1 saturated heterocycles. The summed E-state index contributed by atoms with van der Waals surface area (Å²) in [5, 5.41) is 3.18. The smallest absolute Gasteiger partial charge is 0.416 e. The summed E-state index contributed by atoms with van der Waals surface area (Å²) in [6, 6.07) is -0.142. The van der Waals surface area contributed by atoms with Gasteiger partial charge in [0.1, 0.15) is 6.61 Å². The van der Waals surface area contributed by atoms with Gasteiger partial charge in [0.25, 0.3) is 0 Å². The largest absolute Gasteiger partial charge is 0.447 e. The van der Waals surface area contributed by atoms with Gasteiger partial charge in [0, 0.05) is 11.8 Å². The summed E-state index contributed by atoms with van der Waals surface area (Å²) in [4.78, 5) is 29.3. The first-order chi connectivity index (χ1) is 12.9. The second kappa shape index (κ2) is 10.4. The normalized spacial score (nSPS) is 18.1. The molecular formula is C21H30N2O3S. The lowest BCUT2D eigenvalue weighted by Gasteiger charge is -2.15. The van der Waals surface area contributed by atoms with Gasteiger partial charge >= 0.3 is 6.09 Å². The molecule has 1 fully saturated rings.